The second-order valence-electron chi connectivity index (χ2n) is 14.6. The lowest BCUT2D eigenvalue weighted by Gasteiger charge is -2.22. The minimum atomic E-state index is -0.156. The Morgan fingerprint density at radius 3 is 2.14 bits per heavy atom. The summed E-state index contributed by atoms with van der Waals surface area (Å²) in [7, 11) is 0. The van der Waals surface area contributed by atoms with Crippen molar-refractivity contribution in [2.75, 3.05) is 0 Å². The molecule has 3 aromatic heterocycles. The van der Waals surface area contributed by atoms with Gasteiger partial charge in [0.25, 0.3) is 0 Å². The minimum absolute atomic E-state index is 0.100. The predicted octanol–water partition coefficient (Wildman–Crippen LogP) is 10.9. The Morgan fingerprint density at radius 1 is 0.571 bits per heavy atom. The van der Waals surface area contributed by atoms with Crippen molar-refractivity contribution in [1.29, 1.82) is 0 Å². The third-order valence-electron chi connectivity index (χ3n) is 11.2. The lowest BCUT2D eigenvalue weighted by molar-refractivity contribution is 0.660. The fraction of sp³-hybridized carbons (Fsp3) is 0.133. The number of benzene rings is 5. The van der Waals surface area contributed by atoms with E-state index in [4.69, 9.17) is 9.97 Å². The van der Waals surface area contributed by atoms with E-state index in [2.05, 4.69) is 140 Å². The summed E-state index contributed by atoms with van der Waals surface area (Å²) in [5, 5.41) is 2.57. The number of pyridine rings is 1. The molecule has 49 heavy (non-hydrogen) atoms. The first-order valence-electron chi connectivity index (χ1n) is 17.0. The Morgan fingerprint density at radius 2 is 1.27 bits per heavy atom. The molecule has 8 aromatic rings. The van der Waals surface area contributed by atoms with Gasteiger partial charge in [-0.05, 0) is 79.5 Å². The van der Waals surface area contributed by atoms with Crippen LogP contribution in [0.3, 0.4) is 0 Å². The Hall–Kier alpha value is -5.87. The molecule has 234 valence electrons. The van der Waals surface area contributed by atoms with Gasteiger partial charge in [0.2, 0.25) is 0 Å². The molecule has 0 fully saturated rings. The van der Waals surface area contributed by atoms with Crippen molar-refractivity contribution in [2.45, 2.75) is 38.5 Å². The van der Waals surface area contributed by atoms with Crippen molar-refractivity contribution < 1.29 is 0 Å². The smallest absolute Gasteiger partial charge is 0.164 e. The fourth-order valence-electron chi connectivity index (χ4n) is 8.58. The molecule has 0 amide bonds. The maximum Gasteiger partial charge on any atom is 0.164 e. The maximum atomic E-state index is 5.45. The monoisotopic (exact) mass is 630 g/mol. The molecule has 0 aliphatic heterocycles. The van der Waals surface area contributed by atoms with E-state index in [9.17, 15) is 0 Å². The number of imidazole rings is 1. The van der Waals surface area contributed by atoms with Gasteiger partial charge in [0, 0.05) is 46.1 Å². The van der Waals surface area contributed by atoms with Crippen LogP contribution in [0.5, 0.6) is 0 Å². The van der Waals surface area contributed by atoms with Gasteiger partial charge in [-0.25, -0.2) is 9.97 Å². The number of aromatic nitrogens is 4. The van der Waals surface area contributed by atoms with Gasteiger partial charge >= 0.3 is 0 Å². The molecule has 3 heterocycles. The van der Waals surface area contributed by atoms with Crippen molar-refractivity contribution in [3.05, 3.63) is 156 Å². The van der Waals surface area contributed by atoms with Gasteiger partial charge in [0.15, 0.2) is 5.65 Å². The van der Waals surface area contributed by atoms with Crippen molar-refractivity contribution >= 4 is 16.4 Å². The molecule has 0 unspecified atom stereocenters. The van der Waals surface area contributed by atoms with E-state index in [1.807, 2.05) is 30.7 Å². The summed E-state index contributed by atoms with van der Waals surface area (Å²) in [5.41, 5.74) is 17.3. The Labute approximate surface area is 285 Å². The molecule has 5 aromatic carbocycles. The molecule has 0 N–H and O–H groups in total. The highest BCUT2D eigenvalue weighted by molar-refractivity contribution is 6.03. The third-order valence-corrected chi connectivity index (χ3v) is 11.2. The highest BCUT2D eigenvalue weighted by atomic mass is 15.0. The van der Waals surface area contributed by atoms with Crippen molar-refractivity contribution in [3.63, 3.8) is 0 Å². The van der Waals surface area contributed by atoms with E-state index in [0.29, 0.717) is 0 Å². The Bertz CT molecular complexity index is 2660. The summed E-state index contributed by atoms with van der Waals surface area (Å²) in [6, 6.07) is 39.9. The molecule has 0 atom stereocenters. The van der Waals surface area contributed by atoms with Crippen LogP contribution in [-0.4, -0.2) is 19.4 Å². The lowest BCUT2D eigenvalue weighted by Crippen LogP contribution is -2.15. The van der Waals surface area contributed by atoms with Crippen LogP contribution < -0.4 is 0 Å². The molecule has 0 spiro atoms. The SMILES string of the molecule is CC1(C)c2ccccc2-c2ccc(-c3cn4c(-c5ccncc5)cnc4c(-c4ccc5c(c4)C(C)(C)c4ccc6ccccc6c4-5)n3)cc21. The molecule has 2 aliphatic rings. The molecule has 0 bridgehead atoms. The van der Waals surface area contributed by atoms with E-state index >= 15 is 0 Å². The van der Waals surface area contributed by atoms with Gasteiger partial charge in [-0.1, -0.05) is 113 Å². The van der Waals surface area contributed by atoms with E-state index in [0.717, 1.165) is 39.4 Å². The number of rotatable bonds is 3. The third kappa shape index (κ3) is 3.89. The first kappa shape index (κ1) is 28.2. The molecule has 2 aliphatic carbocycles. The maximum absolute atomic E-state index is 5.45. The van der Waals surface area contributed by atoms with Crippen molar-refractivity contribution in [1.82, 2.24) is 19.4 Å². The van der Waals surface area contributed by atoms with E-state index in [1.54, 1.807) is 0 Å². The highest BCUT2D eigenvalue weighted by Crippen LogP contribution is 2.53. The summed E-state index contributed by atoms with van der Waals surface area (Å²) in [4.78, 5) is 14.7. The van der Waals surface area contributed by atoms with E-state index in [1.165, 1.54) is 55.3 Å². The summed E-state index contributed by atoms with van der Waals surface area (Å²) >= 11 is 0. The summed E-state index contributed by atoms with van der Waals surface area (Å²) in [6.07, 6.45) is 7.78. The summed E-state index contributed by atoms with van der Waals surface area (Å²) in [5.74, 6) is 0. The van der Waals surface area contributed by atoms with E-state index < -0.39 is 0 Å². The molecular formula is C45H34N4. The van der Waals surface area contributed by atoms with Crippen LogP contribution >= 0.6 is 0 Å². The molecule has 10 rings (SSSR count). The van der Waals surface area contributed by atoms with Crippen LogP contribution in [0.25, 0.3) is 72.4 Å². The molecule has 4 heteroatoms. The lowest BCUT2D eigenvalue weighted by atomic mass is 9.81. The number of hydrogen-bond donors (Lipinski definition) is 0. The Balaban J connectivity index is 1.19. The number of hydrogen-bond acceptors (Lipinski definition) is 3. The summed E-state index contributed by atoms with van der Waals surface area (Å²) < 4.78 is 2.21. The van der Waals surface area contributed by atoms with Gasteiger partial charge in [-0.15, -0.1) is 0 Å². The highest BCUT2D eigenvalue weighted by Gasteiger charge is 2.37. The first-order chi connectivity index (χ1) is 23.8. The van der Waals surface area contributed by atoms with Gasteiger partial charge in [-0.3, -0.25) is 9.38 Å². The van der Waals surface area contributed by atoms with E-state index in [-0.39, 0.29) is 10.8 Å². The van der Waals surface area contributed by atoms with Crippen LogP contribution in [0.1, 0.15) is 49.9 Å². The van der Waals surface area contributed by atoms with Crippen LogP contribution in [0.2, 0.25) is 0 Å². The molecule has 0 saturated heterocycles. The van der Waals surface area contributed by atoms with Crippen molar-refractivity contribution in [2.24, 2.45) is 0 Å². The average Bonchev–Trinajstić information content (AvgIpc) is 3.74. The van der Waals surface area contributed by atoms with Crippen LogP contribution in [0, 0.1) is 0 Å². The molecular weight excluding hydrogens is 597 g/mol. The molecule has 0 saturated carbocycles. The minimum Gasteiger partial charge on any atom is -0.296 e. The van der Waals surface area contributed by atoms with Crippen LogP contribution in [-0.2, 0) is 10.8 Å². The average molecular weight is 631 g/mol. The zero-order chi connectivity index (χ0) is 33.1. The van der Waals surface area contributed by atoms with Crippen molar-refractivity contribution in [3.8, 4) is 56.0 Å². The fourth-order valence-corrected chi connectivity index (χ4v) is 8.58. The standard InChI is InChI=1S/C45H34N4/c1-44(2)35-12-8-7-11-32(35)33-16-13-29(23-37(33)44)39-26-49-40(28-19-21-46-22-20-28)25-47-43(49)42(48-39)30-14-17-34-38(24-30)45(3,4)36-18-15-27-9-5-6-10-31(27)41(34)36/h5-26H,1-4H3. The molecule has 4 nitrogen and oxygen atoms in total. The number of fused-ring (bicyclic) bond motifs is 9. The molecule has 0 radical (unpaired) electrons. The van der Waals surface area contributed by atoms with Crippen LogP contribution in [0.15, 0.2) is 134 Å². The normalized spacial score (nSPS) is 14.9. The van der Waals surface area contributed by atoms with Gasteiger partial charge in [-0.2, -0.15) is 0 Å². The predicted molar refractivity (Wildman–Crippen MR) is 200 cm³/mol. The Kier molecular flexibility index (Phi) is 5.65. The van der Waals surface area contributed by atoms with Gasteiger partial charge < -0.3 is 0 Å². The second kappa shape index (κ2) is 9.83. The zero-order valence-corrected chi connectivity index (χ0v) is 28.0. The largest absolute Gasteiger partial charge is 0.296 e. The van der Waals surface area contributed by atoms with Gasteiger partial charge in [0.05, 0.1) is 17.6 Å². The van der Waals surface area contributed by atoms with Gasteiger partial charge in [0.1, 0.15) is 5.69 Å². The first-order valence-corrected chi connectivity index (χ1v) is 17.0. The number of nitrogens with zero attached hydrogens (tertiary/aromatic N) is 4. The second-order valence-corrected chi connectivity index (χ2v) is 14.6. The van der Waals surface area contributed by atoms with Crippen LogP contribution in [0.4, 0.5) is 0 Å². The zero-order valence-electron chi connectivity index (χ0n) is 28.0. The topological polar surface area (TPSA) is 43.1 Å². The summed E-state index contributed by atoms with van der Waals surface area (Å²) in [6.45, 7) is 9.34. The quantitative estimate of drug-likeness (QED) is 0.195.